The van der Waals surface area contributed by atoms with Crippen LogP contribution in [0.15, 0.2) is 34.8 Å². The van der Waals surface area contributed by atoms with Crippen LogP contribution in [-0.2, 0) is 0 Å². The Kier molecular flexibility index (Phi) is 4.69. The van der Waals surface area contributed by atoms with Crippen molar-refractivity contribution in [3.63, 3.8) is 0 Å². The molecule has 0 aliphatic heterocycles. The van der Waals surface area contributed by atoms with E-state index < -0.39 is 11.7 Å². The van der Waals surface area contributed by atoms with Gasteiger partial charge < -0.3 is 15.8 Å². The van der Waals surface area contributed by atoms with Gasteiger partial charge >= 0.3 is 0 Å². The molecule has 110 valence electrons. The minimum absolute atomic E-state index is 0.123. The summed E-state index contributed by atoms with van der Waals surface area (Å²) in [6.45, 7) is 0. The van der Waals surface area contributed by atoms with Crippen molar-refractivity contribution in [1.29, 1.82) is 0 Å². The van der Waals surface area contributed by atoms with Crippen LogP contribution in [-0.4, -0.2) is 13.0 Å². The number of methoxy groups -OCH3 is 1. The molecular formula is C14H11BrClFN2O2. The Hall–Kier alpha value is -1.79. The van der Waals surface area contributed by atoms with Crippen LogP contribution in [0.25, 0.3) is 0 Å². The number of nitrogen functional groups attached to an aromatic ring is 1. The molecule has 0 aliphatic rings. The molecule has 0 unspecified atom stereocenters. The first kappa shape index (κ1) is 15.6. The zero-order valence-electron chi connectivity index (χ0n) is 10.9. The van der Waals surface area contributed by atoms with Gasteiger partial charge in [-0.1, -0.05) is 11.6 Å². The standard InChI is InChI=1S/C14H11BrClFN2O2/c1-21-13-10(15)4-7(16)5-12(13)19-14(20)9-3-2-8(18)6-11(9)17/h2-6H,18H2,1H3,(H,19,20). The molecule has 0 saturated carbocycles. The van der Waals surface area contributed by atoms with Crippen molar-refractivity contribution in [3.05, 3.63) is 51.2 Å². The third-order valence-corrected chi connectivity index (χ3v) is 3.51. The Morgan fingerprint density at radius 1 is 1.38 bits per heavy atom. The first-order valence-corrected chi connectivity index (χ1v) is 6.99. The van der Waals surface area contributed by atoms with Gasteiger partial charge in [-0.25, -0.2) is 4.39 Å². The molecule has 7 heteroatoms. The van der Waals surface area contributed by atoms with E-state index in [1.54, 1.807) is 6.07 Å². The van der Waals surface area contributed by atoms with Gasteiger partial charge in [0.15, 0.2) is 5.75 Å². The van der Waals surface area contributed by atoms with Crippen LogP contribution in [0, 0.1) is 5.82 Å². The van der Waals surface area contributed by atoms with Crippen molar-refractivity contribution in [1.82, 2.24) is 0 Å². The number of halogens is 3. The number of amides is 1. The normalized spacial score (nSPS) is 10.3. The van der Waals surface area contributed by atoms with Gasteiger partial charge in [-0.3, -0.25) is 4.79 Å². The van der Waals surface area contributed by atoms with Crippen LogP contribution in [0.3, 0.4) is 0 Å². The molecule has 0 heterocycles. The molecule has 0 aliphatic carbocycles. The number of carbonyl (C=O) groups excluding carboxylic acids is 1. The summed E-state index contributed by atoms with van der Waals surface area (Å²) < 4.78 is 19.5. The van der Waals surface area contributed by atoms with Crippen molar-refractivity contribution in [2.75, 3.05) is 18.2 Å². The lowest BCUT2D eigenvalue weighted by molar-refractivity contribution is 0.102. The minimum Gasteiger partial charge on any atom is -0.493 e. The molecule has 2 aromatic rings. The zero-order valence-corrected chi connectivity index (χ0v) is 13.3. The highest BCUT2D eigenvalue weighted by Crippen LogP contribution is 2.36. The molecule has 2 rings (SSSR count). The largest absolute Gasteiger partial charge is 0.493 e. The number of nitrogens with one attached hydrogen (secondary N) is 1. The highest BCUT2D eigenvalue weighted by Gasteiger charge is 2.16. The van der Waals surface area contributed by atoms with E-state index in [9.17, 15) is 9.18 Å². The summed E-state index contributed by atoms with van der Waals surface area (Å²) in [5.74, 6) is -0.934. The van der Waals surface area contributed by atoms with Gasteiger partial charge in [0, 0.05) is 10.7 Å². The average Bonchev–Trinajstić information content (AvgIpc) is 2.37. The maximum Gasteiger partial charge on any atom is 0.258 e. The summed E-state index contributed by atoms with van der Waals surface area (Å²) in [6, 6.07) is 6.98. The number of ether oxygens (including phenoxy) is 1. The van der Waals surface area contributed by atoms with Crippen molar-refractivity contribution < 1.29 is 13.9 Å². The second-order valence-corrected chi connectivity index (χ2v) is 5.45. The first-order chi connectivity index (χ1) is 9.92. The van der Waals surface area contributed by atoms with Gasteiger partial charge in [-0.2, -0.15) is 0 Å². The maximum atomic E-state index is 13.7. The number of rotatable bonds is 3. The quantitative estimate of drug-likeness (QED) is 0.797. The number of carbonyl (C=O) groups is 1. The number of anilines is 2. The molecule has 0 spiro atoms. The molecule has 3 N–H and O–H groups in total. The molecular weight excluding hydrogens is 363 g/mol. The van der Waals surface area contributed by atoms with Crippen molar-refractivity contribution in [2.24, 2.45) is 0 Å². The predicted molar refractivity (Wildman–Crippen MR) is 84.5 cm³/mol. The second kappa shape index (κ2) is 6.32. The monoisotopic (exact) mass is 372 g/mol. The second-order valence-electron chi connectivity index (χ2n) is 4.16. The van der Waals surface area contributed by atoms with Gasteiger partial charge in [0.25, 0.3) is 5.91 Å². The van der Waals surface area contributed by atoms with Crippen LogP contribution >= 0.6 is 27.5 Å². The highest BCUT2D eigenvalue weighted by atomic mass is 79.9. The van der Waals surface area contributed by atoms with Gasteiger partial charge in [0.05, 0.1) is 22.8 Å². The topological polar surface area (TPSA) is 64.3 Å². The summed E-state index contributed by atoms with van der Waals surface area (Å²) in [6.07, 6.45) is 0. The molecule has 4 nitrogen and oxygen atoms in total. The Bertz CT molecular complexity index is 710. The van der Waals surface area contributed by atoms with Crippen LogP contribution in [0.5, 0.6) is 5.75 Å². The van der Waals surface area contributed by atoms with Crippen molar-refractivity contribution in [3.8, 4) is 5.75 Å². The first-order valence-electron chi connectivity index (χ1n) is 5.81. The summed E-state index contributed by atoms with van der Waals surface area (Å²) in [7, 11) is 1.45. The number of nitrogens with two attached hydrogens (primary N) is 1. The minimum atomic E-state index is -0.701. The Morgan fingerprint density at radius 2 is 2.10 bits per heavy atom. The molecule has 0 saturated heterocycles. The predicted octanol–water partition coefficient (Wildman–Crippen LogP) is 4.08. The zero-order chi connectivity index (χ0) is 15.6. The highest BCUT2D eigenvalue weighted by molar-refractivity contribution is 9.10. The Labute approximate surface area is 134 Å². The molecule has 1 amide bonds. The molecule has 21 heavy (non-hydrogen) atoms. The Balaban J connectivity index is 2.35. The Morgan fingerprint density at radius 3 is 2.71 bits per heavy atom. The van der Waals surface area contributed by atoms with E-state index in [1.165, 1.54) is 25.3 Å². The maximum absolute atomic E-state index is 13.7. The molecule has 0 radical (unpaired) electrons. The third kappa shape index (κ3) is 3.46. The van der Waals surface area contributed by atoms with E-state index in [1.807, 2.05) is 0 Å². The fraction of sp³-hybridized carbons (Fsp3) is 0.0714. The number of benzene rings is 2. The van der Waals surface area contributed by atoms with Gasteiger partial charge in [-0.15, -0.1) is 0 Å². The van der Waals surface area contributed by atoms with Crippen molar-refractivity contribution >= 4 is 44.8 Å². The molecule has 0 bridgehead atoms. The van der Waals surface area contributed by atoms with Crippen LogP contribution in [0.4, 0.5) is 15.8 Å². The van der Waals surface area contributed by atoms with E-state index in [-0.39, 0.29) is 11.3 Å². The number of hydrogen-bond donors (Lipinski definition) is 2. The van der Waals surface area contributed by atoms with Gasteiger partial charge in [0.2, 0.25) is 0 Å². The molecule has 0 fully saturated rings. The summed E-state index contributed by atoms with van der Waals surface area (Å²) >= 11 is 9.21. The van der Waals surface area contributed by atoms with Crippen LogP contribution in [0.2, 0.25) is 5.02 Å². The van der Waals surface area contributed by atoms with Crippen molar-refractivity contribution in [2.45, 2.75) is 0 Å². The summed E-state index contributed by atoms with van der Waals surface area (Å²) in [5.41, 5.74) is 5.90. The van der Waals surface area contributed by atoms with E-state index in [4.69, 9.17) is 22.1 Å². The van der Waals surface area contributed by atoms with E-state index in [0.29, 0.717) is 20.9 Å². The fourth-order valence-corrected chi connectivity index (χ4v) is 2.74. The summed E-state index contributed by atoms with van der Waals surface area (Å²) in [4.78, 5) is 12.1. The van der Waals surface area contributed by atoms with Crippen LogP contribution < -0.4 is 15.8 Å². The number of hydrogen-bond acceptors (Lipinski definition) is 3. The van der Waals surface area contributed by atoms with E-state index in [2.05, 4.69) is 21.2 Å². The molecule has 0 atom stereocenters. The molecule has 2 aromatic carbocycles. The van der Waals surface area contributed by atoms with E-state index in [0.717, 1.165) is 6.07 Å². The average molecular weight is 374 g/mol. The van der Waals surface area contributed by atoms with Gasteiger partial charge in [-0.05, 0) is 46.3 Å². The third-order valence-electron chi connectivity index (χ3n) is 2.70. The van der Waals surface area contributed by atoms with Crippen LogP contribution in [0.1, 0.15) is 10.4 Å². The molecule has 0 aromatic heterocycles. The van der Waals surface area contributed by atoms with E-state index >= 15 is 0 Å². The fourth-order valence-electron chi connectivity index (χ4n) is 1.77. The lowest BCUT2D eigenvalue weighted by Gasteiger charge is -2.13. The summed E-state index contributed by atoms with van der Waals surface area (Å²) in [5, 5.41) is 2.96. The SMILES string of the molecule is COc1c(Br)cc(Cl)cc1NC(=O)c1ccc(N)cc1F. The smallest absolute Gasteiger partial charge is 0.258 e. The lowest BCUT2D eigenvalue weighted by atomic mass is 10.1. The van der Waals surface area contributed by atoms with Gasteiger partial charge in [0.1, 0.15) is 5.82 Å². The lowest BCUT2D eigenvalue weighted by Crippen LogP contribution is -2.14.